The van der Waals surface area contributed by atoms with Gasteiger partial charge in [0.2, 0.25) is 0 Å². The lowest BCUT2D eigenvalue weighted by atomic mass is 9.37. The van der Waals surface area contributed by atoms with Gasteiger partial charge < -0.3 is 23.7 Å². The van der Waals surface area contributed by atoms with Gasteiger partial charge >= 0.3 is 29.8 Å². The Kier molecular flexibility index (Phi) is 8.21. The predicted octanol–water partition coefficient (Wildman–Crippen LogP) is 3.03. The minimum Gasteiger partial charge on any atom is -0.462 e. The summed E-state index contributed by atoms with van der Waals surface area (Å²) in [7, 11) is 0. The lowest BCUT2D eigenvalue weighted by Crippen LogP contribution is -2.75. The fourth-order valence-electron chi connectivity index (χ4n) is 8.72. The number of allylic oxidation sites excluding steroid dienone is 2. The van der Waals surface area contributed by atoms with E-state index in [1.807, 2.05) is 13.8 Å². The van der Waals surface area contributed by atoms with Crippen LogP contribution in [0.5, 0.6) is 0 Å². The van der Waals surface area contributed by atoms with Gasteiger partial charge in [0.1, 0.15) is 24.9 Å². The Morgan fingerprint density at radius 1 is 0.952 bits per heavy atom. The summed E-state index contributed by atoms with van der Waals surface area (Å²) in [6, 6.07) is 0. The molecule has 0 radical (unpaired) electrons. The highest BCUT2D eigenvalue weighted by atomic mass is 16.6. The molecule has 4 rings (SSSR count). The molecule has 0 spiro atoms. The highest BCUT2D eigenvalue weighted by molar-refractivity contribution is 5.98. The molecule has 0 aromatic carbocycles. The number of Topliss-reactive ketones (excluding diaryl/α,β-unsaturated/α-hetero) is 1. The summed E-state index contributed by atoms with van der Waals surface area (Å²) in [5.41, 5.74) is -2.89. The first-order valence-electron chi connectivity index (χ1n) is 14.3. The van der Waals surface area contributed by atoms with Crippen LogP contribution in [0.1, 0.15) is 68.2 Å². The zero-order valence-electron chi connectivity index (χ0n) is 25.4. The van der Waals surface area contributed by atoms with Gasteiger partial charge in [-0.15, -0.1) is 0 Å². The fraction of sp³-hybridized carbons (Fsp3) is 0.677. The molecule has 42 heavy (non-hydrogen) atoms. The SMILES string of the molecule is CC(=O)O[C@H]1[C@H]2[C@@](C)(CC[C@@H]3C(=O)C(C)=C[C@@H](OC(C)=O)[C@@]32C)[C@@H]2C=CC(=O)OC[C@]2([C@@H](C)OC(C)=O)[C@H]1OC(C)=O. The monoisotopic (exact) mass is 588 g/mol. The molecular formula is C31H40O11. The number of ether oxygens (including phenoxy) is 5. The first-order valence-corrected chi connectivity index (χ1v) is 14.3. The number of rotatable bonds is 5. The molecule has 0 aromatic heterocycles. The Morgan fingerprint density at radius 2 is 1.57 bits per heavy atom. The maximum absolute atomic E-state index is 13.7. The first kappa shape index (κ1) is 31.4. The van der Waals surface area contributed by atoms with Crippen molar-refractivity contribution in [2.75, 3.05) is 6.61 Å². The fourth-order valence-corrected chi connectivity index (χ4v) is 8.72. The highest BCUT2D eigenvalue weighted by Gasteiger charge is 2.75. The summed E-state index contributed by atoms with van der Waals surface area (Å²) < 4.78 is 29.3. The molecule has 2 saturated carbocycles. The van der Waals surface area contributed by atoms with E-state index in [1.54, 1.807) is 26.0 Å². The highest BCUT2D eigenvalue weighted by Crippen LogP contribution is 2.70. The van der Waals surface area contributed by atoms with Crippen LogP contribution >= 0.6 is 0 Å². The molecule has 11 nitrogen and oxygen atoms in total. The van der Waals surface area contributed by atoms with Crippen LogP contribution in [0.25, 0.3) is 0 Å². The van der Waals surface area contributed by atoms with E-state index in [9.17, 15) is 28.8 Å². The molecule has 10 atom stereocenters. The van der Waals surface area contributed by atoms with Gasteiger partial charge in [0.05, 0.1) is 5.41 Å². The third kappa shape index (κ3) is 4.84. The van der Waals surface area contributed by atoms with Crippen molar-refractivity contribution in [2.24, 2.45) is 34.0 Å². The normalized spacial score (nSPS) is 39.6. The zero-order chi connectivity index (χ0) is 31.4. The van der Waals surface area contributed by atoms with E-state index in [4.69, 9.17) is 23.7 Å². The standard InChI is InChI=1S/C31H40O11/c1-15-13-23(40-18(4)33)30(8)21(25(15)37)11-12-29(7)22-9-10-24(36)38-14-31(22,16(2)39-17(3)32)28(42-20(6)35)26(27(29)30)41-19(5)34/h9-10,13,16,21-23,26-28H,11-12,14H2,1-8H3/t16-,21-,22+,23-,26+,27+,28+,29+,30-,31-/m1/s1. The van der Waals surface area contributed by atoms with Crippen molar-refractivity contribution in [3.05, 3.63) is 23.8 Å². The molecule has 0 saturated heterocycles. The van der Waals surface area contributed by atoms with E-state index in [2.05, 4.69) is 0 Å². The lowest BCUT2D eigenvalue weighted by Gasteiger charge is -2.69. The number of hydrogen-bond donors (Lipinski definition) is 0. The molecule has 1 heterocycles. The van der Waals surface area contributed by atoms with Crippen LogP contribution in [-0.4, -0.2) is 66.7 Å². The average molecular weight is 589 g/mol. The quantitative estimate of drug-likeness (QED) is 0.345. The summed E-state index contributed by atoms with van der Waals surface area (Å²) in [6.45, 7) is 11.8. The van der Waals surface area contributed by atoms with Crippen molar-refractivity contribution in [2.45, 2.75) is 92.6 Å². The van der Waals surface area contributed by atoms with Gasteiger partial charge in [-0.1, -0.05) is 19.9 Å². The third-order valence-electron chi connectivity index (χ3n) is 10.1. The smallest absolute Gasteiger partial charge is 0.330 e. The summed E-state index contributed by atoms with van der Waals surface area (Å²) >= 11 is 0. The molecule has 230 valence electrons. The van der Waals surface area contributed by atoms with Crippen molar-refractivity contribution < 1.29 is 52.5 Å². The molecule has 0 N–H and O–H groups in total. The Morgan fingerprint density at radius 3 is 2.14 bits per heavy atom. The van der Waals surface area contributed by atoms with E-state index < -0.39 is 88.3 Å². The van der Waals surface area contributed by atoms with Crippen molar-refractivity contribution in [3.63, 3.8) is 0 Å². The second kappa shape index (κ2) is 11.0. The molecule has 11 heteroatoms. The van der Waals surface area contributed by atoms with Crippen LogP contribution in [-0.2, 0) is 52.5 Å². The summed E-state index contributed by atoms with van der Waals surface area (Å²) in [6.07, 6.45) is 1.17. The minimum atomic E-state index is -1.38. The Labute approximate surface area is 245 Å². The number of carbonyl (C=O) groups is 6. The van der Waals surface area contributed by atoms with Crippen LogP contribution in [0.4, 0.5) is 0 Å². The van der Waals surface area contributed by atoms with Gasteiger partial charge in [0.15, 0.2) is 11.9 Å². The molecule has 2 fully saturated rings. The van der Waals surface area contributed by atoms with E-state index in [0.29, 0.717) is 18.4 Å². The number of carbonyl (C=O) groups excluding carboxylic acids is 6. The number of ketones is 1. The Hall–Kier alpha value is -3.50. The number of hydrogen-bond acceptors (Lipinski definition) is 11. The van der Waals surface area contributed by atoms with Gasteiger partial charge in [0.25, 0.3) is 0 Å². The van der Waals surface area contributed by atoms with Crippen LogP contribution in [0, 0.1) is 34.0 Å². The van der Waals surface area contributed by atoms with Gasteiger partial charge in [-0.25, -0.2) is 4.79 Å². The Balaban J connectivity index is 2.09. The molecule has 4 aliphatic rings. The molecular weight excluding hydrogens is 548 g/mol. The minimum absolute atomic E-state index is 0.103. The lowest BCUT2D eigenvalue weighted by molar-refractivity contribution is -0.291. The second-order valence-corrected chi connectivity index (χ2v) is 12.6. The molecule has 0 amide bonds. The topological polar surface area (TPSA) is 149 Å². The molecule has 0 unspecified atom stereocenters. The van der Waals surface area contributed by atoms with Crippen molar-refractivity contribution in [3.8, 4) is 0 Å². The van der Waals surface area contributed by atoms with Crippen LogP contribution < -0.4 is 0 Å². The Bertz CT molecular complexity index is 1270. The van der Waals surface area contributed by atoms with E-state index in [0.717, 1.165) is 0 Å². The number of esters is 5. The maximum Gasteiger partial charge on any atom is 0.330 e. The zero-order valence-corrected chi connectivity index (χ0v) is 25.4. The molecule has 0 bridgehead atoms. The van der Waals surface area contributed by atoms with Crippen LogP contribution in [0.3, 0.4) is 0 Å². The molecule has 0 aromatic rings. The van der Waals surface area contributed by atoms with Crippen molar-refractivity contribution in [1.29, 1.82) is 0 Å². The van der Waals surface area contributed by atoms with Gasteiger partial charge in [-0.3, -0.25) is 24.0 Å². The summed E-state index contributed by atoms with van der Waals surface area (Å²) in [5, 5.41) is 0. The summed E-state index contributed by atoms with van der Waals surface area (Å²) in [5.74, 6) is -5.21. The second-order valence-electron chi connectivity index (χ2n) is 12.6. The largest absolute Gasteiger partial charge is 0.462 e. The maximum atomic E-state index is 13.7. The van der Waals surface area contributed by atoms with Crippen molar-refractivity contribution >= 4 is 35.6 Å². The van der Waals surface area contributed by atoms with Gasteiger partial charge in [0, 0.05) is 51.0 Å². The van der Waals surface area contributed by atoms with Crippen molar-refractivity contribution in [1.82, 2.24) is 0 Å². The van der Waals surface area contributed by atoms with E-state index >= 15 is 0 Å². The molecule has 1 aliphatic heterocycles. The first-order chi connectivity index (χ1) is 19.5. The van der Waals surface area contributed by atoms with E-state index in [1.165, 1.54) is 33.8 Å². The van der Waals surface area contributed by atoms with E-state index in [-0.39, 0.29) is 12.4 Å². The molecule has 3 aliphatic carbocycles. The van der Waals surface area contributed by atoms with Crippen LogP contribution in [0.15, 0.2) is 23.8 Å². The third-order valence-corrected chi connectivity index (χ3v) is 10.1. The van der Waals surface area contributed by atoms with Crippen LogP contribution in [0.2, 0.25) is 0 Å². The average Bonchev–Trinajstić information content (AvgIpc) is 3.04. The number of fused-ring (bicyclic) bond motifs is 5. The predicted molar refractivity (Wildman–Crippen MR) is 145 cm³/mol. The summed E-state index contributed by atoms with van der Waals surface area (Å²) in [4.78, 5) is 76.6. The van der Waals surface area contributed by atoms with Gasteiger partial charge in [-0.05, 0) is 49.7 Å². The van der Waals surface area contributed by atoms with Gasteiger partial charge in [-0.2, -0.15) is 0 Å². The number of cyclic esters (lactones) is 1.